The fourth-order valence-electron chi connectivity index (χ4n) is 2.26. The molecule has 110 valence electrons. The van der Waals surface area contributed by atoms with Gasteiger partial charge in [0, 0.05) is 5.56 Å². The highest BCUT2D eigenvalue weighted by Gasteiger charge is 2.11. The molecule has 1 N–H and O–H groups in total. The van der Waals surface area contributed by atoms with Crippen molar-refractivity contribution < 1.29 is 9.53 Å². The van der Waals surface area contributed by atoms with Crippen molar-refractivity contribution in [1.82, 2.24) is 9.97 Å². The Bertz CT molecular complexity index is 937. The van der Waals surface area contributed by atoms with E-state index in [0.717, 1.165) is 5.56 Å². The smallest absolute Gasteiger partial charge is 0.337 e. The van der Waals surface area contributed by atoms with Gasteiger partial charge in [-0.3, -0.25) is 0 Å². The van der Waals surface area contributed by atoms with Gasteiger partial charge in [-0.15, -0.1) is 0 Å². The normalized spacial score (nSPS) is 10.0. The maximum Gasteiger partial charge on any atom is 0.337 e. The molecular formula is C17H10N4O2. The number of rotatable bonds is 2. The highest BCUT2D eigenvalue weighted by Crippen LogP contribution is 2.23. The summed E-state index contributed by atoms with van der Waals surface area (Å²) in [6, 6.07) is 14.0. The summed E-state index contributed by atoms with van der Waals surface area (Å²) in [6.07, 6.45) is 0. The fraction of sp³-hybridized carbons (Fsp3) is 0.0588. The molecule has 0 amide bonds. The Labute approximate surface area is 131 Å². The number of methoxy groups -OCH3 is 1. The number of carbonyl (C=O) groups is 1. The molecule has 0 aliphatic carbocycles. The predicted molar refractivity (Wildman–Crippen MR) is 82.3 cm³/mol. The van der Waals surface area contributed by atoms with Gasteiger partial charge in [-0.25, -0.2) is 9.78 Å². The number of benzene rings is 2. The number of nitrogens with zero attached hydrogens (tertiary/aromatic N) is 3. The highest BCUT2D eigenvalue weighted by atomic mass is 16.5. The molecule has 0 saturated carbocycles. The van der Waals surface area contributed by atoms with Crippen molar-refractivity contribution in [2.24, 2.45) is 0 Å². The van der Waals surface area contributed by atoms with Crippen molar-refractivity contribution in [3.8, 4) is 23.5 Å². The molecule has 0 fully saturated rings. The molecule has 6 heteroatoms. The minimum atomic E-state index is -0.404. The zero-order valence-corrected chi connectivity index (χ0v) is 12.1. The molecule has 0 aliphatic rings. The summed E-state index contributed by atoms with van der Waals surface area (Å²) < 4.78 is 4.66. The molecule has 0 unspecified atom stereocenters. The Hall–Kier alpha value is -3.64. The van der Waals surface area contributed by atoms with Crippen LogP contribution in [0.5, 0.6) is 0 Å². The molecule has 3 aromatic rings. The van der Waals surface area contributed by atoms with E-state index in [0.29, 0.717) is 33.5 Å². The Morgan fingerprint density at radius 1 is 1.13 bits per heavy atom. The van der Waals surface area contributed by atoms with E-state index in [1.165, 1.54) is 7.11 Å². The lowest BCUT2D eigenvalue weighted by Crippen LogP contribution is -2.00. The van der Waals surface area contributed by atoms with Crippen LogP contribution < -0.4 is 0 Å². The number of aromatic nitrogens is 2. The second kappa shape index (κ2) is 5.63. The van der Waals surface area contributed by atoms with Gasteiger partial charge in [0.05, 0.1) is 34.8 Å². The first-order valence-corrected chi connectivity index (χ1v) is 6.69. The predicted octanol–water partition coefficient (Wildman–Crippen LogP) is 2.76. The highest BCUT2D eigenvalue weighted by molar-refractivity contribution is 5.90. The van der Waals surface area contributed by atoms with E-state index in [2.05, 4.69) is 14.7 Å². The van der Waals surface area contributed by atoms with Crippen molar-refractivity contribution in [3.05, 3.63) is 53.1 Å². The molecule has 2 aromatic carbocycles. The minimum absolute atomic E-state index is 0.291. The first kappa shape index (κ1) is 14.3. The van der Waals surface area contributed by atoms with Crippen LogP contribution in [-0.2, 0) is 4.74 Å². The lowest BCUT2D eigenvalue weighted by Gasteiger charge is -2.00. The molecule has 3 rings (SSSR count). The zero-order valence-electron chi connectivity index (χ0n) is 12.1. The van der Waals surface area contributed by atoms with E-state index in [-0.39, 0.29) is 0 Å². The monoisotopic (exact) mass is 302 g/mol. The van der Waals surface area contributed by atoms with Crippen molar-refractivity contribution >= 4 is 17.0 Å². The van der Waals surface area contributed by atoms with Gasteiger partial charge in [0.2, 0.25) is 0 Å². The van der Waals surface area contributed by atoms with Crippen LogP contribution in [-0.4, -0.2) is 23.0 Å². The van der Waals surface area contributed by atoms with Crippen molar-refractivity contribution in [3.63, 3.8) is 0 Å². The summed E-state index contributed by atoms with van der Waals surface area (Å²) in [5.41, 5.74) is 3.10. The molecule has 23 heavy (non-hydrogen) atoms. The van der Waals surface area contributed by atoms with Crippen LogP contribution in [0, 0.1) is 22.7 Å². The number of hydrogen-bond donors (Lipinski definition) is 1. The summed E-state index contributed by atoms with van der Waals surface area (Å²) in [4.78, 5) is 19.0. The molecule has 0 bridgehead atoms. The molecule has 1 aromatic heterocycles. The second-order valence-electron chi connectivity index (χ2n) is 4.79. The molecule has 6 nitrogen and oxygen atoms in total. The van der Waals surface area contributed by atoms with E-state index < -0.39 is 5.97 Å². The number of esters is 1. The van der Waals surface area contributed by atoms with Gasteiger partial charge in [-0.05, 0) is 24.3 Å². The number of nitrogens with one attached hydrogen (secondary N) is 1. The third kappa shape index (κ3) is 2.50. The van der Waals surface area contributed by atoms with E-state index in [1.54, 1.807) is 36.4 Å². The van der Waals surface area contributed by atoms with Crippen LogP contribution in [0.3, 0.4) is 0 Å². The number of H-pyrrole nitrogens is 1. The number of hydrogen-bond acceptors (Lipinski definition) is 5. The lowest BCUT2D eigenvalue weighted by molar-refractivity contribution is 0.0601. The van der Waals surface area contributed by atoms with Gasteiger partial charge in [0.1, 0.15) is 18.0 Å². The van der Waals surface area contributed by atoms with Gasteiger partial charge in [-0.2, -0.15) is 10.5 Å². The van der Waals surface area contributed by atoms with Crippen LogP contribution in [0.2, 0.25) is 0 Å². The summed E-state index contributed by atoms with van der Waals surface area (Å²) in [7, 11) is 1.33. The van der Waals surface area contributed by atoms with Crippen LogP contribution in [0.4, 0.5) is 0 Å². The van der Waals surface area contributed by atoms with E-state index >= 15 is 0 Å². The quantitative estimate of drug-likeness (QED) is 0.733. The number of imidazole rings is 1. The van der Waals surface area contributed by atoms with Crippen LogP contribution >= 0.6 is 0 Å². The average molecular weight is 302 g/mol. The van der Waals surface area contributed by atoms with E-state index in [1.807, 2.05) is 12.1 Å². The topological polar surface area (TPSA) is 103 Å². The van der Waals surface area contributed by atoms with Gasteiger partial charge in [0.25, 0.3) is 0 Å². The standard InChI is InChI=1S/C17H10N4O2/c1-23-17(22)11-4-2-10(3-5-11)16-20-14-6-12(8-18)13(9-19)7-15(14)21-16/h2-7H,1H3,(H,20,21). The van der Waals surface area contributed by atoms with E-state index in [9.17, 15) is 4.79 Å². The summed E-state index contributed by atoms with van der Waals surface area (Å²) >= 11 is 0. The molecule has 1 heterocycles. The first-order chi connectivity index (χ1) is 11.2. The number of nitriles is 2. The largest absolute Gasteiger partial charge is 0.465 e. The summed E-state index contributed by atoms with van der Waals surface area (Å²) in [5.74, 6) is 0.189. The Balaban J connectivity index is 2.06. The Kier molecular flexibility index (Phi) is 3.50. The van der Waals surface area contributed by atoms with E-state index in [4.69, 9.17) is 10.5 Å². The first-order valence-electron chi connectivity index (χ1n) is 6.69. The molecule has 0 saturated heterocycles. The molecule has 0 aliphatic heterocycles. The van der Waals surface area contributed by atoms with Crippen LogP contribution in [0.1, 0.15) is 21.5 Å². The maximum absolute atomic E-state index is 11.4. The van der Waals surface area contributed by atoms with Gasteiger partial charge in [0.15, 0.2) is 0 Å². The third-order valence-corrected chi connectivity index (χ3v) is 3.44. The molecule has 0 spiro atoms. The Morgan fingerprint density at radius 3 is 2.39 bits per heavy atom. The summed E-state index contributed by atoms with van der Waals surface area (Å²) in [5, 5.41) is 18.1. The molecular weight excluding hydrogens is 292 g/mol. The van der Waals surface area contributed by atoms with Crippen molar-refractivity contribution in [1.29, 1.82) is 10.5 Å². The zero-order chi connectivity index (χ0) is 16.4. The molecule has 0 atom stereocenters. The average Bonchev–Trinajstić information content (AvgIpc) is 3.02. The SMILES string of the molecule is COC(=O)c1ccc(-c2nc3cc(C#N)c(C#N)cc3[nH]2)cc1. The van der Waals surface area contributed by atoms with Crippen LogP contribution in [0.25, 0.3) is 22.4 Å². The van der Waals surface area contributed by atoms with Gasteiger partial charge in [-0.1, -0.05) is 12.1 Å². The maximum atomic E-state index is 11.4. The van der Waals surface area contributed by atoms with Gasteiger partial charge >= 0.3 is 5.97 Å². The minimum Gasteiger partial charge on any atom is -0.465 e. The van der Waals surface area contributed by atoms with Crippen molar-refractivity contribution in [2.45, 2.75) is 0 Å². The van der Waals surface area contributed by atoms with Gasteiger partial charge < -0.3 is 9.72 Å². The number of aromatic amines is 1. The third-order valence-electron chi connectivity index (χ3n) is 3.44. The number of carbonyl (C=O) groups excluding carboxylic acids is 1. The summed E-state index contributed by atoms with van der Waals surface area (Å²) in [6.45, 7) is 0. The molecule has 0 radical (unpaired) electrons. The number of fused-ring (bicyclic) bond motifs is 1. The van der Waals surface area contributed by atoms with Crippen LogP contribution in [0.15, 0.2) is 36.4 Å². The Morgan fingerprint density at radius 2 is 1.78 bits per heavy atom. The second-order valence-corrected chi connectivity index (χ2v) is 4.79. The fourth-order valence-corrected chi connectivity index (χ4v) is 2.26. The number of ether oxygens (including phenoxy) is 1. The lowest BCUT2D eigenvalue weighted by atomic mass is 10.1. The van der Waals surface area contributed by atoms with Crippen molar-refractivity contribution in [2.75, 3.05) is 7.11 Å².